The molecule has 1 aromatic rings. The average Bonchev–Trinajstić information content (AvgIpc) is 3.17. The minimum atomic E-state index is 0.313. The standard InChI is InChI=1S/C13H22N6O/c1-2-11(20-9-1)10-3-4-15-12-16-13(17-19(10)12)18-7-5-14-6-8-18/h10-11,14H,1-9H2,(H,15,16,17). The summed E-state index contributed by atoms with van der Waals surface area (Å²) in [6.07, 6.45) is 3.70. The molecule has 7 nitrogen and oxygen atoms in total. The van der Waals surface area contributed by atoms with Gasteiger partial charge in [0.25, 0.3) is 0 Å². The summed E-state index contributed by atoms with van der Waals surface area (Å²) in [5, 5.41) is 11.5. The number of hydrogen-bond acceptors (Lipinski definition) is 6. The summed E-state index contributed by atoms with van der Waals surface area (Å²) in [6, 6.07) is 0.345. The number of aromatic nitrogens is 3. The lowest BCUT2D eigenvalue weighted by atomic mass is 10.0. The van der Waals surface area contributed by atoms with Gasteiger partial charge in [-0.1, -0.05) is 0 Å². The number of hydrogen-bond donors (Lipinski definition) is 2. The van der Waals surface area contributed by atoms with Crippen LogP contribution in [0.3, 0.4) is 0 Å². The highest BCUT2D eigenvalue weighted by atomic mass is 16.5. The van der Waals surface area contributed by atoms with Gasteiger partial charge in [-0.25, -0.2) is 4.68 Å². The third kappa shape index (κ3) is 2.14. The van der Waals surface area contributed by atoms with Crippen molar-refractivity contribution in [2.24, 2.45) is 0 Å². The monoisotopic (exact) mass is 278 g/mol. The average molecular weight is 278 g/mol. The van der Waals surface area contributed by atoms with Gasteiger partial charge in [-0.2, -0.15) is 4.98 Å². The second kappa shape index (κ2) is 5.21. The second-order valence-corrected chi connectivity index (χ2v) is 5.75. The highest BCUT2D eigenvalue weighted by Crippen LogP contribution is 2.32. The van der Waals surface area contributed by atoms with Gasteiger partial charge in [0.2, 0.25) is 11.9 Å². The summed E-state index contributed by atoms with van der Waals surface area (Å²) in [6.45, 7) is 5.83. The van der Waals surface area contributed by atoms with Crippen LogP contribution in [0.15, 0.2) is 0 Å². The lowest BCUT2D eigenvalue weighted by molar-refractivity contribution is 0.0591. The molecule has 1 aromatic heterocycles. The molecular weight excluding hydrogens is 256 g/mol. The quantitative estimate of drug-likeness (QED) is 0.807. The number of ether oxygens (including phenoxy) is 1. The van der Waals surface area contributed by atoms with Crippen LogP contribution >= 0.6 is 0 Å². The van der Waals surface area contributed by atoms with Gasteiger partial charge in [-0.05, 0) is 19.3 Å². The van der Waals surface area contributed by atoms with Crippen LogP contribution in [0.5, 0.6) is 0 Å². The van der Waals surface area contributed by atoms with Crippen LogP contribution in [-0.2, 0) is 4.74 Å². The maximum absolute atomic E-state index is 5.86. The Bertz CT molecular complexity index is 463. The van der Waals surface area contributed by atoms with E-state index in [1.807, 2.05) is 0 Å². The van der Waals surface area contributed by atoms with Crippen molar-refractivity contribution in [1.29, 1.82) is 0 Å². The molecule has 0 aliphatic carbocycles. The molecule has 0 amide bonds. The van der Waals surface area contributed by atoms with E-state index in [-0.39, 0.29) is 0 Å². The molecule has 2 unspecified atom stereocenters. The molecule has 2 saturated heterocycles. The molecule has 3 aliphatic heterocycles. The fourth-order valence-corrected chi connectivity index (χ4v) is 3.37. The largest absolute Gasteiger partial charge is 0.376 e. The first-order valence-electron chi connectivity index (χ1n) is 7.69. The fraction of sp³-hybridized carbons (Fsp3) is 0.846. The number of nitrogens with one attached hydrogen (secondary N) is 2. The van der Waals surface area contributed by atoms with Crippen molar-refractivity contribution in [3.8, 4) is 0 Å². The summed E-state index contributed by atoms with van der Waals surface area (Å²) in [5.74, 6) is 1.77. The highest BCUT2D eigenvalue weighted by Gasteiger charge is 2.33. The van der Waals surface area contributed by atoms with Crippen molar-refractivity contribution in [2.45, 2.75) is 31.4 Å². The van der Waals surface area contributed by atoms with Crippen LogP contribution < -0.4 is 15.5 Å². The van der Waals surface area contributed by atoms with Gasteiger partial charge in [-0.3, -0.25) is 0 Å². The molecule has 0 spiro atoms. The summed E-state index contributed by atoms with van der Waals surface area (Å²) in [5.41, 5.74) is 0. The Morgan fingerprint density at radius 2 is 2.05 bits per heavy atom. The van der Waals surface area contributed by atoms with E-state index in [0.717, 1.165) is 64.1 Å². The summed E-state index contributed by atoms with van der Waals surface area (Å²) in [4.78, 5) is 6.94. The van der Waals surface area contributed by atoms with Crippen LogP contribution in [0.4, 0.5) is 11.9 Å². The fourth-order valence-electron chi connectivity index (χ4n) is 3.37. The Kier molecular flexibility index (Phi) is 3.23. The van der Waals surface area contributed by atoms with Crippen LogP contribution in [0.2, 0.25) is 0 Å². The van der Waals surface area contributed by atoms with E-state index in [1.54, 1.807) is 0 Å². The highest BCUT2D eigenvalue weighted by molar-refractivity contribution is 5.40. The SMILES string of the molecule is C1COC(C2CCNc3nc(N4CCNCC4)nn32)C1. The van der Waals surface area contributed by atoms with Crippen molar-refractivity contribution in [3.05, 3.63) is 0 Å². The first-order valence-corrected chi connectivity index (χ1v) is 7.69. The Balaban J connectivity index is 1.59. The van der Waals surface area contributed by atoms with Gasteiger partial charge in [0.05, 0.1) is 12.1 Å². The predicted octanol–water partition coefficient (Wildman–Crippen LogP) is 0.223. The molecule has 20 heavy (non-hydrogen) atoms. The lowest BCUT2D eigenvalue weighted by Crippen LogP contribution is -2.44. The van der Waals surface area contributed by atoms with Gasteiger partial charge in [0.1, 0.15) is 0 Å². The minimum absolute atomic E-state index is 0.313. The summed E-state index contributed by atoms with van der Waals surface area (Å²) >= 11 is 0. The van der Waals surface area contributed by atoms with Crippen molar-refractivity contribution < 1.29 is 4.74 Å². The van der Waals surface area contributed by atoms with E-state index in [0.29, 0.717) is 12.1 Å². The normalized spacial score (nSPS) is 30.1. The predicted molar refractivity (Wildman–Crippen MR) is 76.2 cm³/mol. The first-order chi connectivity index (χ1) is 9.92. The van der Waals surface area contributed by atoms with E-state index in [1.165, 1.54) is 6.42 Å². The van der Waals surface area contributed by atoms with Gasteiger partial charge < -0.3 is 20.3 Å². The maximum atomic E-state index is 5.86. The minimum Gasteiger partial charge on any atom is -0.376 e. The zero-order valence-electron chi connectivity index (χ0n) is 11.7. The molecule has 0 aromatic carbocycles. The van der Waals surface area contributed by atoms with Crippen LogP contribution in [0.25, 0.3) is 0 Å². The molecule has 7 heteroatoms. The number of nitrogens with zero attached hydrogens (tertiary/aromatic N) is 4. The van der Waals surface area contributed by atoms with Gasteiger partial charge in [0.15, 0.2) is 0 Å². The van der Waals surface area contributed by atoms with E-state index < -0.39 is 0 Å². The molecule has 4 rings (SSSR count). The van der Waals surface area contributed by atoms with Crippen molar-refractivity contribution >= 4 is 11.9 Å². The maximum Gasteiger partial charge on any atom is 0.246 e. The number of anilines is 2. The first kappa shape index (κ1) is 12.4. The molecule has 3 aliphatic rings. The van der Waals surface area contributed by atoms with Gasteiger partial charge >= 0.3 is 0 Å². The summed E-state index contributed by atoms with van der Waals surface area (Å²) < 4.78 is 7.93. The van der Waals surface area contributed by atoms with Gasteiger partial charge in [-0.15, -0.1) is 5.10 Å². The smallest absolute Gasteiger partial charge is 0.246 e. The number of piperazine rings is 1. The molecule has 4 heterocycles. The zero-order chi connectivity index (χ0) is 13.4. The molecule has 0 saturated carbocycles. The Labute approximate surface area is 118 Å². The van der Waals surface area contributed by atoms with Crippen LogP contribution in [0, 0.1) is 0 Å². The van der Waals surface area contributed by atoms with Crippen LogP contribution in [-0.4, -0.2) is 60.2 Å². The third-order valence-corrected chi connectivity index (χ3v) is 4.45. The molecule has 110 valence electrons. The zero-order valence-corrected chi connectivity index (χ0v) is 11.7. The van der Waals surface area contributed by atoms with E-state index in [2.05, 4.69) is 25.2 Å². The number of fused-ring (bicyclic) bond motifs is 1. The molecule has 2 atom stereocenters. The Morgan fingerprint density at radius 3 is 2.85 bits per heavy atom. The van der Waals surface area contributed by atoms with Gasteiger partial charge in [0, 0.05) is 39.3 Å². The van der Waals surface area contributed by atoms with E-state index in [9.17, 15) is 0 Å². The molecular formula is C13H22N6O. The molecule has 0 bridgehead atoms. The Morgan fingerprint density at radius 1 is 1.15 bits per heavy atom. The lowest BCUT2D eigenvalue weighted by Gasteiger charge is -2.28. The summed E-state index contributed by atoms with van der Waals surface area (Å²) in [7, 11) is 0. The van der Waals surface area contributed by atoms with Crippen molar-refractivity contribution in [1.82, 2.24) is 20.1 Å². The van der Waals surface area contributed by atoms with Crippen molar-refractivity contribution in [3.63, 3.8) is 0 Å². The van der Waals surface area contributed by atoms with E-state index >= 15 is 0 Å². The van der Waals surface area contributed by atoms with Crippen molar-refractivity contribution in [2.75, 3.05) is 49.5 Å². The second-order valence-electron chi connectivity index (χ2n) is 5.75. The third-order valence-electron chi connectivity index (χ3n) is 4.45. The number of rotatable bonds is 2. The topological polar surface area (TPSA) is 67.2 Å². The molecule has 2 fully saturated rings. The molecule has 2 N–H and O–H groups in total. The Hall–Kier alpha value is -1.34. The van der Waals surface area contributed by atoms with Crippen LogP contribution in [0.1, 0.15) is 25.3 Å². The molecule has 0 radical (unpaired) electrons. The van der Waals surface area contributed by atoms with E-state index in [4.69, 9.17) is 9.84 Å².